The summed E-state index contributed by atoms with van der Waals surface area (Å²) in [6, 6.07) is 13.2. The van der Waals surface area contributed by atoms with Gasteiger partial charge in [-0.1, -0.05) is 32.9 Å². The Labute approximate surface area is 154 Å². The molecule has 2 N–H and O–H groups in total. The van der Waals surface area contributed by atoms with Crippen molar-refractivity contribution < 1.29 is 9.53 Å². The zero-order chi connectivity index (χ0) is 19.0. The normalized spacial score (nSPS) is 10.7. The maximum absolute atomic E-state index is 11.8. The molecule has 0 aliphatic rings. The minimum Gasteiger partial charge on any atom is -0.484 e. The van der Waals surface area contributed by atoms with Gasteiger partial charge in [-0.25, -0.2) is 4.98 Å². The lowest BCUT2D eigenvalue weighted by molar-refractivity contribution is -0.123. The highest BCUT2D eigenvalue weighted by atomic mass is 16.5. The van der Waals surface area contributed by atoms with Crippen molar-refractivity contribution in [1.29, 1.82) is 5.26 Å². The molecule has 1 heterocycles. The number of pyridine rings is 1. The predicted octanol–water partition coefficient (Wildman–Crippen LogP) is 2.86. The fourth-order valence-corrected chi connectivity index (χ4v) is 2.27. The van der Waals surface area contributed by atoms with Gasteiger partial charge in [-0.15, -0.1) is 0 Å². The van der Waals surface area contributed by atoms with E-state index in [1.807, 2.05) is 24.3 Å². The smallest absolute Gasteiger partial charge is 0.258 e. The van der Waals surface area contributed by atoms with E-state index in [0.29, 0.717) is 30.2 Å². The molecule has 0 aliphatic heterocycles. The highest BCUT2D eigenvalue weighted by Crippen LogP contribution is 2.24. The molecule has 1 amide bonds. The third kappa shape index (κ3) is 5.78. The largest absolute Gasteiger partial charge is 0.484 e. The zero-order valence-corrected chi connectivity index (χ0v) is 15.4. The molecule has 1 aromatic heterocycles. The lowest BCUT2D eigenvalue weighted by atomic mass is 9.87. The van der Waals surface area contributed by atoms with Crippen LogP contribution in [0.15, 0.2) is 42.6 Å². The van der Waals surface area contributed by atoms with Crippen molar-refractivity contribution in [2.75, 3.05) is 25.0 Å². The minimum atomic E-state index is -0.201. The number of nitrogens with zero attached hydrogens (tertiary/aromatic N) is 2. The van der Waals surface area contributed by atoms with Crippen molar-refractivity contribution in [3.05, 3.63) is 53.7 Å². The average molecular weight is 352 g/mol. The Morgan fingerprint density at radius 1 is 1.19 bits per heavy atom. The van der Waals surface area contributed by atoms with Crippen molar-refractivity contribution in [1.82, 2.24) is 10.3 Å². The van der Waals surface area contributed by atoms with Gasteiger partial charge in [0.15, 0.2) is 6.61 Å². The molecule has 6 nitrogen and oxygen atoms in total. The first-order valence-electron chi connectivity index (χ1n) is 8.49. The number of anilines is 1. The van der Waals surface area contributed by atoms with Crippen LogP contribution in [0.3, 0.4) is 0 Å². The fourth-order valence-electron chi connectivity index (χ4n) is 2.27. The van der Waals surface area contributed by atoms with E-state index < -0.39 is 0 Å². The topological polar surface area (TPSA) is 87.0 Å². The van der Waals surface area contributed by atoms with Gasteiger partial charge >= 0.3 is 0 Å². The number of benzene rings is 1. The maximum Gasteiger partial charge on any atom is 0.258 e. The Hall–Kier alpha value is -3.07. The Morgan fingerprint density at radius 3 is 2.58 bits per heavy atom. The predicted molar refractivity (Wildman–Crippen MR) is 101 cm³/mol. The van der Waals surface area contributed by atoms with Gasteiger partial charge < -0.3 is 15.4 Å². The van der Waals surface area contributed by atoms with Crippen molar-refractivity contribution in [3.8, 4) is 11.8 Å². The van der Waals surface area contributed by atoms with E-state index in [1.165, 1.54) is 5.56 Å². The second-order valence-electron chi connectivity index (χ2n) is 6.85. The number of rotatable bonds is 7. The SMILES string of the molecule is CC(C)(C)c1ccc(OCC(=O)NCCNc2ncccc2C#N)cc1. The molecule has 6 heteroatoms. The maximum atomic E-state index is 11.8. The van der Waals surface area contributed by atoms with Gasteiger partial charge in [-0.3, -0.25) is 4.79 Å². The molecule has 0 unspecified atom stereocenters. The van der Waals surface area contributed by atoms with Crippen LogP contribution in [0.5, 0.6) is 5.75 Å². The van der Waals surface area contributed by atoms with E-state index in [-0.39, 0.29) is 17.9 Å². The van der Waals surface area contributed by atoms with E-state index in [4.69, 9.17) is 10.00 Å². The molecule has 1 aromatic carbocycles. The quantitative estimate of drug-likeness (QED) is 0.748. The van der Waals surface area contributed by atoms with Crippen molar-refractivity contribution in [2.24, 2.45) is 0 Å². The number of amides is 1. The van der Waals surface area contributed by atoms with Gasteiger partial charge in [-0.2, -0.15) is 5.26 Å². The van der Waals surface area contributed by atoms with E-state index in [9.17, 15) is 4.79 Å². The highest BCUT2D eigenvalue weighted by Gasteiger charge is 2.13. The van der Waals surface area contributed by atoms with Gasteiger partial charge in [0.05, 0.1) is 5.56 Å². The summed E-state index contributed by atoms with van der Waals surface area (Å²) in [7, 11) is 0. The number of ether oxygens (including phenoxy) is 1. The van der Waals surface area contributed by atoms with Crippen LogP contribution in [0.1, 0.15) is 31.9 Å². The zero-order valence-electron chi connectivity index (χ0n) is 15.4. The molecule has 136 valence electrons. The summed E-state index contributed by atoms with van der Waals surface area (Å²) in [5, 5.41) is 14.8. The molecule has 2 rings (SSSR count). The molecule has 0 fully saturated rings. The second kappa shape index (κ2) is 8.86. The van der Waals surface area contributed by atoms with Crippen LogP contribution >= 0.6 is 0 Å². The summed E-state index contributed by atoms with van der Waals surface area (Å²) in [6.07, 6.45) is 1.61. The van der Waals surface area contributed by atoms with Gasteiger partial charge in [0.25, 0.3) is 5.91 Å². The molecule has 0 saturated heterocycles. The first-order chi connectivity index (χ1) is 12.4. The van der Waals surface area contributed by atoms with Gasteiger partial charge in [0, 0.05) is 19.3 Å². The van der Waals surface area contributed by atoms with Gasteiger partial charge in [-0.05, 0) is 35.2 Å². The van der Waals surface area contributed by atoms with Crippen molar-refractivity contribution >= 4 is 11.7 Å². The summed E-state index contributed by atoms with van der Waals surface area (Å²) >= 11 is 0. The Balaban J connectivity index is 1.70. The van der Waals surface area contributed by atoms with Crippen LogP contribution in [0, 0.1) is 11.3 Å². The highest BCUT2D eigenvalue weighted by molar-refractivity contribution is 5.77. The van der Waals surface area contributed by atoms with Gasteiger partial charge in [0.2, 0.25) is 0 Å². The second-order valence-corrected chi connectivity index (χ2v) is 6.85. The van der Waals surface area contributed by atoms with Gasteiger partial charge in [0.1, 0.15) is 17.6 Å². The Bertz CT molecular complexity index is 774. The molecule has 0 aliphatic carbocycles. The number of carbonyl (C=O) groups excluding carboxylic acids is 1. The third-order valence-electron chi connectivity index (χ3n) is 3.76. The molecule has 0 bridgehead atoms. The summed E-state index contributed by atoms with van der Waals surface area (Å²) in [5.74, 6) is 0.978. The van der Waals surface area contributed by atoms with Crippen LogP contribution in [-0.4, -0.2) is 30.6 Å². The number of carbonyl (C=O) groups is 1. The van der Waals surface area contributed by atoms with E-state index in [0.717, 1.165) is 0 Å². The molecular formula is C20H24N4O2. The number of nitriles is 1. The number of hydrogen-bond donors (Lipinski definition) is 2. The van der Waals surface area contributed by atoms with Crippen molar-refractivity contribution in [3.63, 3.8) is 0 Å². The molecular weight excluding hydrogens is 328 g/mol. The van der Waals surface area contributed by atoms with E-state index in [2.05, 4.69) is 42.5 Å². The molecule has 0 spiro atoms. The summed E-state index contributed by atoms with van der Waals surface area (Å²) in [5.41, 5.74) is 1.77. The molecule has 0 atom stereocenters. The summed E-state index contributed by atoms with van der Waals surface area (Å²) in [4.78, 5) is 15.9. The number of hydrogen-bond acceptors (Lipinski definition) is 5. The molecule has 26 heavy (non-hydrogen) atoms. The minimum absolute atomic E-state index is 0.0398. The lowest BCUT2D eigenvalue weighted by Gasteiger charge is -2.19. The third-order valence-corrected chi connectivity index (χ3v) is 3.76. The number of nitrogens with one attached hydrogen (secondary N) is 2. The lowest BCUT2D eigenvalue weighted by Crippen LogP contribution is -2.32. The summed E-state index contributed by atoms with van der Waals surface area (Å²) in [6.45, 7) is 7.28. The standard InChI is InChI=1S/C20H24N4O2/c1-20(2,3)16-6-8-17(9-7-16)26-14-18(25)22-11-12-24-19-15(13-21)5-4-10-23-19/h4-10H,11-12,14H2,1-3H3,(H,22,25)(H,23,24). The van der Waals surface area contributed by atoms with E-state index in [1.54, 1.807) is 18.3 Å². The first kappa shape index (κ1) is 19.3. The first-order valence-corrected chi connectivity index (χ1v) is 8.49. The van der Waals surface area contributed by atoms with Crippen LogP contribution < -0.4 is 15.4 Å². The summed E-state index contributed by atoms with van der Waals surface area (Å²) < 4.78 is 5.50. The molecule has 2 aromatic rings. The average Bonchev–Trinajstić information content (AvgIpc) is 2.63. The van der Waals surface area contributed by atoms with Crippen LogP contribution in [0.4, 0.5) is 5.82 Å². The van der Waals surface area contributed by atoms with Crippen LogP contribution in [0.25, 0.3) is 0 Å². The number of aromatic nitrogens is 1. The van der Waals surface area contributed by atoms with Crippen LogP contribution in [0.2, 0.25) is 0 Å². The Kier molecular flexibility index (Phi) is 6.56. The molecule has 0 radical (unpaired) electrons. The monoisotopic (exact) mass is 352 g/mol. The van der Waals surface area contributed by atoms with E-state index >= 15 is 0 Å². The van der Waals surface area contributed by atoms with Crippen LogP contribution in [-0.2, 0) is 10.2 Å². The Morgan fingerprint density at radius 2 is 1.92 bits per heavy atom. The van der Waals surface area contributed by atoms with Crippen molar-refractivity contribution in [2.45, 2.75) is 26.2 Å². The fraction of sp³-hybridized carbons (Fsp3) is 0.350. The molecule has 0 saturated carbocycles.